The molecule has 0 bridgehead atoms. The number of nitrogens with zero attached hydrogens (tertiary/aromatic N) is 2. The summed E-state index contributed by atoms with van der Waals surface area (Å²) in [6.45, 7) is 3.54. The standard InChI is InChI=1S/C22H42N10O7/c1-11(2)16(20(38)39)32-19(37)14(7-8-15(33)34)31-18(36)13(6-4-10-29-22(26)27)30-17(35)12(23)5-3-9-28-21(24)25/h11-14,16H,3-10,23H2,1-2H3,(H,30,35)(H,31,36)(H,32,37)(H,33,34)(H,38,39)(H4,24,25,28)(H4,26,27,29). The molecule has 4 atom stereocenters. The molecule has 0 rings (SSSR count). The Balaban J connectivity index is 5.63. The molecule has 0 aromatic rings. The van der Waals surface area contributed by atoms with Crippen LogP contribution in [0.3, 0.4) is 0 Å². The Labute approximate surface area is 226 Å². The first-order valence-electron chi connectivity index (χ1n) is 12.4. The molecule has 0 fully saturated rings. The molecule has 0 saturated heterocycles. The lowest BCUT2D eigenvalue weighted by molar-refractivity contribution is -0.144. The van der Waals surface area contributed by atoms with Crippen molar-refractivity contribution in [1.82, 2.24) is 16.0 Å². The second kappa shape index (κ2) is 18.2. The van der Waals surface area contributed by atoms with Crippen LogP contribution in [0.15, 0.2) is 9.98 Å². The van der Waals surface area contributed by atoms with Gasteiger partial charge in [-0.25, -0.2) is 4.79 Å². The van der Waals surface area contributed by atoms with E-state index in [4.69, 9.17) is 33.8 Å². The van der Waals surface area contributed by atoms with Gasteiger partial charge in [-0.15, -0.1) is 0 Å². The molecule has 4 unspecified atom stereocenters. The van der Waals surface area contributed by atoms with Gasteiger partial charge in [-0.2, -0.15) is 0 Å². The third kappa shape index (κ3) is 15.6. The summed E-state index contributed by atoms with van der Waals surface area (Å²) in [5.41, 5.74) is 27.1. The van der Waals surface area contributed by atoms with E-state index in [-0.39, 0.29) is 50.7 Å². The second-order valence-corrected chi connectivity index (χ2v) is 9.13. The number of carbonyl (C=O) groups excluding carboxylic acids is 3. The monoisotopic (exact) mass is 558 g/mol. The number of nitrogens with two attached hydrogens (primary N) is 5. The first-order valence-corrected chi connectivity index (χ1v) is 12.4. The molecule has 17 heteroatoms. The molecular weight excluding hydrogens is 516 g/mol. The Morgan fingerprint density at radius 3 is 1.64 bits per heavy atom. The number of guanidine groups is 2. The van der Waals surface area contributed by atoms with Crippen molar-refractivity contribution in [1.29, 1.82) is 0 Å². The molecule has 0 radical (unpaired) electrons. The van der Waals surface area contributed by atoms with Crippen molar-refractivity contribution in [3.05, 3.63) is 0 Å². The van der Waals surface area contributed by atoms with Crippen LogP contribution in [-0.4, -0.2) is 89.0 Å². The number of hydrogen-bond donors (Lipinski definition) is 10. The average molecular weight is 559 g/mol. The topological polar surface area (TPSA) is 317 Å². The van der Waals surface area contributed by atoms with Gasteiger partial charge in [-0.05, 0) is 38.0 Å². The van der Waals surface area contributed by atoms with Crippen LogP contribution in [0.4, 0.5) is 0 Å². The smallest absolute Gasteiger partial charge is 0.326 e. The van der Waals surface area contributed by atoms with E-state index in [2.05, 4.69) is 25.9 Å². The van der Waals surface area contributed by atoms with Crippen molar-refractivity contribution >= 4 is 41.6 Å². The summed E-state index contributed by atoms with van der Waals surface area (Å²) >= 11 is 0. The van der Waals surface area contributed by atoms with Gasteiger partial charge >= 0.3 is 11.9 Å². The van der Waals surface area contributed by atoms with E-state index in [1.165, 1.54) is 0 Å². The van der Waals surface area contributed by atoms with Gasteiger partial charge in [0.1, 0.15) is 18.1 Å². The first-order chi connectivity index (χ1) is 18.1. The van der Waals surface area contributed by atoms with Crippen molar-refractivity contribution in [3.8, 4) is 0 Å². The van der Waals surface area contributed by atoms with Gasteiger partial charge in [0.2, 0.25) is 17.7 Å². The minimum absolute atomic E-state index is 0.0477. The van der Waals surface area contributed by atoms with Crippen LogP contribution in [-0.2, 0) is 24.0 Å². The summed E-state index contributed by atoms with van der Waals surface area (Å²) in [7, 11) is 0. The molecule has 17 nitrogen and oxygen atoms in total. The van der Waals surface area contributed by atoms with E-state index in [9.17, 15) is 29.1 Å². The predicted octanol–water partition coefficient (Wildman–Crippen LogP) is -3.52. The lowest BCUT2D eigenvalue weighted by Crippen LogP contribution is -2.57. The highest BCUT2D eigenvalue weighted by Crippen LogP contribution is 2.07. The number of carboxylic acids is 2. The molecule has 0 aliphatic carbocycles. The SMILES string of the molecule is CC(C)C(NC(=O)C(CCC(=O)O)NC(=O)C(CCCN=C(N)N)NC(=O)C(N)CCCN=C(N)N)C(=O)O. The van der Waals surface area contributed by atoms with Gasteiger partial charge in [0.05, 0.1) is 6.04 Å². The van der Waals surface area contributed by atoms with Gasteiger partial charge in [0, 0.05) is 19.5 Å². The molecule has 0 spiro atoms. The van der Waals surface area contributed by atoms with Gasteiger partial charge < -0.3 is 54.8 Å². The highest BCUT2D eigenvalue weighted by atomic mass is 16.4. The van der Waals surface area contributed by atoms with Crippen molar-refractivity contribution in [2.24, 2.45) is 44.6 Å². The summed E-state index contributed by atoms with van der Waals surface area (Å²) in [5.74, 6) is -5.61. The van der Waals surface area contributed by atoms with Crippen molar-refractivity contribution in [2.75, 3.05) is 13.1 Å². The molecule has 0 heterocycles. The third-order valence-electron chi connectivity index (χ3n) is 5.39. The molecular formula is C22H42N10O7. The van der Waals surface area contributed by atoms with E-state index in [1.54, 1.807) is 13.8 Å². The van der Waals surface area contributed by atoms with E-state index >= 15 is 0 Å². The summed E-state index contributed by atoms with van der Waals surface area (Å²) in [6.07, 6.45) is 0.102. The Morgan fingerprint density at radius 1 is 0.718 bits per heavy atom. The summed E-state index contributed by atoms with van der Waals surface area (Å²) in [6, 6.07) is -4.84. The van der Waals surface area contributed by atoms with Gasteiger partial charge in [-0.3, -0.25) is 29.2 Å². The number of rotatable bonds is 19. The fourth-order valence-electron chi connectivity index (χ4n) is 3.28. The molecule has 0 saturated carbocycles. The van der Waals surface area contributed by atoms with Gasteiger partial charge in [-0.1, -0.05) is 13.8 Å². The second-order valence-electron chi connectivity index (χ2n) is 9.13. The molecule has 0 aromatic carbocycles. The molecule has 0 aliphatic rings. The van der Waals surface area contributed by atoms with E-state index < -0.39 is 66.2 Å². The molecule has 39 heavy (non-hydrogen) atoms. The third-order valence-corrected chi connectivity index (χ3v) is 5.39. The van der Waals surface area contributed by atoms with Gasteiger partial charge in [0.15, 0.2) is 11.9 Å². The van der Waals surface area contributed by atoms with Crippen LogP contribution in [0.1, 0.15) is 52.4 Å². The van der Waals surface area contributed by atoms with Crippen LogP contribution in [0.5, 0.6) is 0 Å². The van der Waals surface area contributed by atoms with Crippen molar-refractivity contribution < 1.29 is 34.2 Å². The maximum atomic E-state index is 13.1. The molecule has 222 valence electrons. The largest absolute Gasteiger partial charge is 0.481 e. The summed E-state index contributed by atoms with van der Waals surface area (Å²) in [4.78, 5) is 68.9. The Hall–Kier alpha value is -4.15. The number of hydrogen-bond acceptors (Lipinski definition) is 8. The lowest BCUT2D eigenvalue weighted by Gasteiger charge is -2.26. The van der Waals surface area contributed by atoms with Gasteiger partial charge in [0.25, 0.3) is 0 Å². The number of carboxylic acid groups (broad SMARTS) is 2. The zero-order valence-electron chi connectivity index (χ0n) is 22.3. The zero-order chi connectivity index (χ0) is 30.1. The van der Waals surface area contributed by atoms with Crippen LogP contribution in [0, 0.1) is 5.92 Å². The van der Waals surface area contributed by atoms with E-state index in [1.807, 2.05) is 0 Å². The molecule has 15 N–H and O–H groups in total. The van der Waals surface area contributed by atoms with Crippen LogP contribution < -0.4 is 44.6 Å². The maximum Gasteiger partial charge on any atom is 0.326 e. The Kier molecular flexibility index (Phi) is 16.2. The summed E-state index contributed by atoms with van der Waals surface area (Å²) < 4.78 is 0. The minimum atomic E-state index is -1.39. The average Bonchev–Trinajstić information content (AvgIpc) is 2.83. The first kappa shape index (κ1) is 34.9. The lowest BCUT2D eigenvalue weighted by atomic mass is 10.0. The molecule has 3 amide bonds. The predicted molar refractivity (Wildman–Crippen MR) is 143 cm³/mol. The normalized spacial score (nSPS) is 13.7. The zero-order valence-corrected chi connectivity index (χ0v) is 22.3. The van der Waals surface area contributed by atoms with Crippen molar-refractivity contribution in [2.45, 2.75) is 76.5 Å². The highest BCUT2D eigenvalue weighted by Gasteiger charge is 2.31. The number of carbonyl (C=O) groups is 5. The Bertz CT molecular complexity index is 902. The fourth-order valence-corrected chi connectivity index (χ4v) is 3.28. The van der Waals surface area contributed by atoms with E-state index in [0.717, 1.165) is 0 Å². The quantitative estimate of drug-likeness (QED) is 0.0419. The maximum absolute atomic E-state index is 13.1. The number of aliphatic carboxylic acids is 2. The van der Waals surface area contributed by atoms with Crippen LogP contribution in [0.25, 0.3) is 0 Å². The van der Waals surface area contributed by atoms with E-state index in [0.29, 0.717) is 6.42 Å². The Morgan fingerprint density at radius 2 is 1.18 bits per heavy atom. The number of nitrogens with one attached hydrogen (secondary N) is 3. The minimum Gasteiger partial charge on any atom is -0.481 e. The van der Waals surface area contributed by atoms with Crippen molar-refractivity contribution in [3.63, 3.8) is 0 Å². The van der Waals surface area contributed by atoms with Crippen LogP contribution >= 0.6 is 0 Å². The summed E-state index contributed by atoms with van der Waals surface area (Å²) in [5, 5.41) is 25.7. The fraction of sp³-hybridized carbons (Fsp3) is 0.682. The molecule has 0 aliphatic heterocycles. The molecule has 0 aromatic heterocycles. The van der Waals surface area contributed by atoms with Crippen LogP contribution in [0.2, 0.25) is 0 Å². The number of amides is 3. The number of aliphatic imine (C=N–C) groups is 2. The highest BCUT2D eigenvalue weighted by molar-refractivity contribution is 5.94.